The van der Waals surface area contributed by atoms with Crippen molar-refractivity contribution in [2.45, 2.75) is 89.4 Å². The molecule has 1 heterocycles. The minimum absolute atomic E-state index is 0.0158. The van der Waals surface area contributed by atoms with Crippen molar-refractivity contribution in [1.82, 2.24) is 15.5 Å². The number of unbranched alkanes of at least 4 members (excludes halogenated alkanes) is 3. The molecule has 4 amide bonds. The first-order valence-corrected chi connectivity index (χ1v) is 16.2. The minimum Gasteiger partial charge on any atom is -0.463 e. The fourth-order valence-electron chi connectivity index (χ4n) is 5.13. The fraction of sp³-hybridized carbons (Fsp3) is 0.529. The van der Waals surface area contributed by atoms with E-state index in [-0.39, 0.29) is 30.7 Å². The molecule has 0 bridgehead atoms. The number of aliphatic hydroxyl groups is 3. The van der Waals surface area contributed by atoms with Crippen LogP contribution in [0.4, 0.5) is 5.69 Å². The Morgan fingerprint density at radius 1 is 0.894 bits per heavy atom. The van der Waals surface area contributed by atoms with E-state index in [9.17, 15) is 34.5 Å². The third kappa shape index (κ3) is 12.2. The average Bonchev–Trinajstić information content (AvgIpc) is 3.07. The minimum atomic E-state index is -1.44. The predicted molar refractivity (Wildman–Crippen MR) is 174 cm³/mol. The highest BCUT2D eigenvalue weighted by atomic mass is 16.7. The summed E-state index contributed by atoms with van der Waals surface area (Å²) in [4.78, 5) is 51.2. The predicted octanol–water partition coefficient (Wildman–Crippen LogP) is 1.96. The van der Waals surface area contributed by atoms with Gasteiger partial charge in [0, 0.05) is 50.7 Å². The van der Waals surface area contributed by atoms with Gasteiger partial charge >= 0.3 is 0 Å². The van der Waals surface area contributed by atoms with Crippen molar-refractivity contribution >= 4 is 29.3 Å². The SMILES string of the molecule is CCCCC(=O)N(CCCCCNC(=O)c1ccccc1)CCC(=O)Nc1ccc(O[C@@H]2O[C@H](CO)[C@H](O)[C@H](O)[C@@H]2NC(C)=O)cc1. The number of nitrogens with one attached hydrogen (secondary N) is 3. The molecule has 1 aliphatic rings. The third-order valence-corrected chi connectivity index (χ3v) is 7.77. The summed E-state index contributed by atoms with van der Waals surface area (Å²) in [6.07, 6.45) is -0.600. The second-order valence-electron chi connectivity index (χ2n) is 11.5. The maximum Gasteiger partial charge on any atom is 0.251 e. The lowest BCUT2D eigenvalue weighted by Crippen LogP contribution is -2.65. The first-order valence-electron chi connectivity index (χ1n) is 16.2. The zero-order valence-corrected chi connectivity index (χ0v) is 27.1. The molecule has 1 saturated heterocycles. The standard InChI is InChI=1S/C34H48N4O9/c1-3-4-13-29(42)38(20-10-6-9-19-35-33(45)24-11-7-5-8-12-24)21-18-28(41)37-25-14-16-26(17-15-25)46-34-30(36-23(2)40)32(44)31(43)27(22-39)47-34/h5,7-8,11-12,14-17,27,30-32,34,39,43-44H,3-4,6,9-10,13,18-22H2,1-2H3,(H,35,45)(H,36,40)(H,37,41)/t27-,30+,31+,32-,34-/m1/s1. The smallest absolute Gasteiger partial charge is 0.251 e. The Bertz CT molecular complexity index is 1280. The number of nitrogens with zero attached hydrogens (tertiary/aromatic N) is 1. The van der Waals surface area contributed by atoms with Crippen LogP contribution in [0.15, 0.2) is 54.6 Å². The molecular weight excluding hydrogens is 608 g/mol. The highest BCUT2D eigenvalue weighted by molar-refractivity contribution is 5.94. The molecule has 2 aromatic carbocycles. The molecule has 0 aliphatic carbocycles. The summed E-state index contributed by atoms with van der Waals surface area (Å²) in [5, 5.41) is 38.4. The van der Waals surface area contributed by atoms with Gasteiger partial charge in [-0.2, -0.15) is 0 Å². The van der Waals surface area contributed by atoms with Crippen LogP contribution < -0.4 is 20.7 Å². The number of benzene rings is 2. The molecule has 1 aliphatic heterocycles. The molecule has 258 valence electrons. The van der Waals surface area contributed by atoms with Crippen molar-refractivity contribution in [2.24, 2.45) is 0 Å². The van der Waals surface area contributed by atoms with Gasteiger partial charge in [0.05, 0.1) is 6.61 Å². The Hall–Kier alpha value is -4.04. The average molecular weight is 657 g/mol. The summed E-state index contributed by atoms with van der Waals surface area (Å²) >= 11 is 0. The summed E-state index contributed by atoms with van der Waals surface area (Å²) in [5.41, 5.74) is 1.11. The first kappa shape index (κ1) is 37.4. The second-order valence-corrected chi connectivity index (χ2v) is 11.5. The summed E-state index contributed by atoms with van der Waals surface area (Å²) in [5.74, 6) is -0.521. The molecule has 13 heteroatoms. The highest BCUT2D eigenvalue weighted by Crippen LogP contribution is 2.25. The van der Waals surface area contributed by atoms with Crippen LogP contribution in [0.2, 0.25) is 0 Å². The molecule has 2 aromatic rings. The van der Waals surface area contributed by atoms with Crippen LogP contribution in [0.25, 0.3) is 0 Å². The first-order chi connectivity index (χ1) is 22.6. The normalized spacial score (nSPS) is 20.6. The van der Waals surface area contributed by atoms with E-state index in [1.807, 2.05) is 25.1 Å². The number of carbonyl (C=O) groups is 4. The van der Waals surface area contributed by atoms with Gasteiger partial charge in [0.15, 0.2) is 0 Å². The lowest BCUT2D eigenvalue weighted by atomic mass is 9.97. The fourth-order valence-corrected chi connectivity index (χ4v) is 5.13. The van der Waals surface area contributed by atoms with E-state index in [1.54, 1.807) is 41.3 Å². The molecule has 5 atom stereocenters. The molecule has 47 heavy (non-hydrogen) atoms. The zero-order chi connectivity index (χ0) is 34.2. The van der Waals surface area contributed by atoms with Gasteiger partial charge in [0.25, 0.3) is 5.91 Å². The topological polar surface area (TPSA) is 187 Å². The Morgan fingerprint density at radius 2 is 1.62 bits per heavy atom. The van der Waals surface area contributed by atoms with Gasteiger partial charge in [-0.25, -0.2) is 0 Å². The Morgan fingerprint density at radius 3 is 2.28 bits per heavy atom. The monoisotopic (exact) mass is 656 g/mol. The van der Waals surface area contributed by atoms with Gasteiger partial charge in [-0.15, -0.1) is 0 Å². The van der Waals surface area contributed by atoms with Crippen molar-refractivity contribution in [2.75, 3.05) is 31.6 Å². The van der Waals surface area contributed by atoms with Crippen LogP contribution in [0.1, 0.15) is 69.2 Å². The summed E-state index contributed by atoms with van der Waals surface area (Å²) in [6, 6.07) is 14.3. The van der Waals surface area contributed by atoms with E-state index >= 15 is 0 Å². The highest BCUT2D eigenvalue weighted by Gasteiger charge is 2.46. The van der Waals surface area contributed by atoms with Crippen LogP contribution in [-0.4, -0.2) is 101 Å². The van der Waals surface area contributed by atoms with Gasteiger partial charge in [0.2, 0.25) is 24.0 Å². The van der Waals surface area contributed by atoms with Crippen molar-refractivity contribution < 1.29 is 44.0 Å². The molecule has 0 unspecified atom stereocenters. The zero-order valence-electron chi connectivity index (χ0n) is 27.1. The molecule has 6 N–H and O–H groups in total. The van der Waals surface area contributed by atoms with Gasteiger partial charge in [0.1, 0.15) is 30.1 Å². The van der Waals surface area contributed by atoms with Gasteiger partial charge in [-0.3, -0.25) is 19.2 Å². The van der Waals surface area contributed by atoms with Crippen LogP contribution >= 0.6 is 0 Å². The van der Waals surface area contributed by atoms with Crippen LogP contribution in [0, 0.1) is 0 Å². The second kappa shape index (κ2) is 19.6. The summed E-state index contributed by atoms with van der Waals surface area (Å²) < 4.78 is 11.4. The molecule has 0 saturated carbocycles. The van der Waals surface area contributed by atoms with Crippen molar-refractivity contribution in [1.29, 1.82) is 0 Å². The Balaban J connectivity index is 1.46. The molecule has 3 rings (SSSR count). The third-order valence-electron chi connectivity index (χ3n) is 7.77. The van der Waals surface area contributed by atoms with Crippen molar-refractivity contribution in [3.63, 3.8) is 0 Å². The number of anilines is 1. The van der Waals surface area contributed by atoms with Gasteiger partial charge in [-0.1, -0.05) is 31.5 Å². The number of amides is 4. The number of rotatable bonds is 18. The Kier molecular flexibility index (Phi) is 15.6. The molecule has 0 aromatic heterocycles. The van der Waals surface area contributed by atoms with Gasteiger partial charge in [-0.05, 0) is 62.1 Å². The van der Waals surface area contributed by atoms with E-state index in [4.69, 9.17) is 9.47 Å². The lowest BCUT2D eigenvalue weighted by Gasteiger charge is -2.42. The largest absolute Gasteiger partial charge is 0.463 e. The number of hydrogen-bond acceptors (Lipinski definition) is 9. The number of hydrogen-bond donors (Lipinski definition) is 6. The van der Waals surface area contributed by atoms with E-state index in [1.165, 1.54) is 6.92 Å². The maximum absolute atomic E-state index is 12.8. The van der Waals surface area contributed by atoms with Gasteiger partial charge < -0.3 is 45.6 Å². The lowest BCUT2D eigenvalue weighted by molar-refractivity contribution is -0.244. The molecule has 13 nitrogen and oxygen atoms in total. The molecule has 0 radical (unpaired) electrons. The van der Waals surface area contributed by atoms with E-state index in [0.717, 1.165) is 32.1 Å². The van der Waals surface area contributed by atoms with E-state index in [0.29, 0.717) is 36.5 Å². The Labute approximate surface area is 275 Å². The number of aliphatic hydroxyl groups excluding tert-OH is 3. The summed E-state index contributed by atoms with van der Waals surface area (Å²) in [7, 11) is 0. The number of carbonyl (C=O) groups excluding carboxylic acids is 4. The van der Waals surface area contributed by atoms with Crippen molar-refractivity contribution in [3.05, 3.63) is 60.2 Å². The molecule has 1 fully saturated rings. The van der Waals surface area contributed by atoms with E-state index < -0.39 is 43.2 Å². The van der Waals surface area contributed by atoms with Crippen molar-refractivity contribution in [3.8, 4) is 5.75 Å². The molecule has 0 spiro atoms. The van der Waals surface area contributed by atoms with Crippen LogP contribution in [0.5, 0.6) is 5.75 Å². The maximum atomic E-state index is 12.8. The quantitative estimate of drug-likeness (QED) is 0.130. The van der Waals surface area contributed by atoms with Crippen LogP contribution in [-0.2, 0) is 19.1 Å². The molecular formula is C34H48N4O9. The number of ether oxygens (including phenoxy) is 2. The summed E-state index contributed by atoms with van der Waals surface area (Å²) in [6.45, 7) is 4.06. The van der Waals surface area contributed by atoms with E-state index in [2.05, 4.69) is 16.0 Å². The van der Waals surface area contributed by atoms with Crippen LogP contribution in [0.3, 0.4) is 0 Å².